The topological polar surface area (TPSA) is 14.2 Å². The first-order valence-corrected chi connectivity index (χ1v) is 9.08. The van der Waals surface area contributed by atoms with Crippen LogP contribution in [0.15, 0.2) is 97.1 Å². The van der Waals surface area contributed by atoms with Gasteiger partial charge in [0.1, 0.15) is 5.75 Å². The SMILES string of the molecule is COc1cccc(-c2cccc(-n3c4ccccc4c4ccccc43)c2)c1. The Labute approximate surface area is 158 Å². The van der Waals surface area contributed by atoms with Gasteiger partial charge in [0.25, 0.3) is 0 Å². The lowest BCUT2D eigenvalue weighted by atomic mass is 10.0. The number of nitrogens with zero attached hydrogens (tertiary/aromatic N) is 1. The average Bonchev–Trinajstić information content (AvgIpc) is 3.08. The standard InChI is InChI=1S/C25H19NO/c1-27-21-11-7-9-19(17-21)18-8-6-10-20(16-18)26-24-14-4-2-12-22(24)23-13-3-5-15-25(23)26/h2-17H,1H3. The van der Waals surface area contributed by atoms with E-state index in [1.54, 1.807) is 7.11 Å². The Morgan fingerprint density at radius 3 is 1.85 bits per heavy atom. The molecule has 0 atom stereocenters. The Bertz CT molecular complexity index is 1210. The smallest absolute Gasteiger partial charge is 0.119 e. The third-order valence-electron chi connectivity index (χ3n) is 5.09. The normalized spacial score (nSPS) is 11.1. The number of rotatable bonds is 3. The lowest BCUT2D eigenvalue weighted by Gasteiger charge is -2.11. The molecule has 0 fully saturated rings. The van der Waals surface area contributed by atoms with Gasteiger partial charge in [0.05, 0.1) is 18.1 Å². The summed E-state index contributed by atoms with van der Waals surface area (Å²) < 4.78 is 7.73. The minimum absolute atomic E-state index is 0.870. The van der Waals surface area contributed by atoms with E-state index in [0.29, 0.717) is 0 Å². The summed E-state index contributed by atoms with van der Waals surface area (Å²) in [6.07, 6.45) is 0. The first-order chi connectivity index (χ1) is 13.3. The van der Waals surface area contributed by atoms with E-state index in [1.807, 2.05) is 12.1 Å². The minimum Gasteiger partial charge on any atom is -0.497 e. The summed E-state index contributed by atoms with van der Waals surface area (Å²) in [5, 5.41) is 2.56. The molecule has 0 saturated heterocycles. The van der Waals surface area contributed by atoms with Gasteiger partial charge in [-0.3, -0.25) is 0 Å². The van der Waals surface area contributed by atoms with Crippen LogP contribution in [-0.2, 0) is 0 Å². The van der Waals surface area contributed by atoms with Gasteiger partial charge >= 0.3 is 0 Å². The van der Waals surface area contributed by atoms with Crippen molar-refractivity contribution in [2.75, 3.05) is 7.11 Å². The van der Waals surface area contributed by atoms with Crippen molar-refractivity contribution in [2.24, 2.45) is 0 Å². The summed E-state index contributed by atoms with van der Waals surface area (Å²) in [5.74, 6) is 0.870. The van der Waals surface area contributed by atoms with E-state index in [0.717, 1.165) is 17.0 Å². The first kappa shape index (κ1) is 15.7. The molecule has 130 valence electrons. The molecule has 5 rings (SSSR count). The van der Waals surface area contributed by atoms with Crippen LogP contribution in [0.25, 0.3) is 38.6 Å². The Balaban J connectivity index is 1.76. The molecule has 0 saturated carbocycles. The second-order valence-corrected chi connectivity index (χ2v) is 6.65. The highest BCUT2D eigenvalue weighted by molar-refractivity contribution is 6.09. The van der Waals surface area contributed by atoms with Gasteiger partial charge in [-0.15, -0.1) is 0 Å². The monoisotopic (exact) mass is 349 g/mol. The van der Waals surface area contributed by atoms with Crippen LogP contribution in [0.4, 0.5) is 0 Å². The molecular weight excluding hydrogens is 330 g/mol. The van der Waals surface area contributed by atoms with Gasteiger partial charge < -0.3 is 9.30 Å². The zero-order valence-corrected chi connectivity index (χ0v) is 15.1. The molecule has 0 radical (unpaired) electrons. The van der Waals surface area contributed by atoms with Gasteiger partial charge in [0.2, 0.25) is 0 Å². The molecular formula is C25H19NO. The predicted octanol–water partition coefficient (Wildman–Crippen LogP) is 6.46. The number of hydrogen-bond donors (Lipinski definition) is 0. The molecule has 0 bridgehead atoms. The third-order valence-corrected chi connectivity index (χ3v) is 5.09. The summed E-state index contributed by atoms with van der Waals surface area (Å²) in [7, 11) is 1.70. The van der Waals surface area contributed by atoms with E-state index in [4.69, 9.17) is 4.74 Å². The van der Waals surface area contributed by atoms with Crippen molar-refractivity contribution in [2.45, 2.75) is 0 Å². The average molecular weight is 349 g/mol. The number of para-hydroxylation sites is 2. The molecule has 0 spiro atoms. The van der Waals surface area contributed by atoms with Crippen LogP contribution in [-0.4, -0.2) is 11.7 Å². The van der Waals surface area contributed by atoms with Crippen molar-refractivity contribution in [3.05, 3.63) is 97.1 Å². The number of ether oxygens (including phenoxy) is 1. The van der Waals surface area contributed by atoms with Crippen molar-refractivity contribution in [1.82, 2.24) is 4.57 Å². The van der Waals surface area contributed by atoms with E-state index in [1.165, 1.54) is 27.4 Å². The highest BCUT2D eigenvalue weighted by Gasteiger charge is 2.11. The first-order valence-electron chi connectivity index (χ1n) is 9.08. The highest BCUT2D eigenvalue weighted by atomic mass is 16.5. The Kier molecular flexibility index (Phi) is 3.68. The zero-order valence-electron chi connectivity index (χ0n) is 15.1. The van der Waals surface area contributed by atoms with E-state index in [-0.39, 0.29) is 0 Å². The summed E-state index contributed by atoms with van der Waals surface area (Å²) in [6, 6.07) is 34.0. The summed E-state index contributed by atoms with van der Waals surface area (Å²) >= 11 is 0. The molecule has 1 aromatic heterocycles. The number of methoxy groups -OCH3 is 1. The van der Waals surface area contributed by atoms with Crippen LogP contribution in [0, 0.1) is 0 Å². The number of hydrogen-bond acceptors (Lipinski definition) is 1. The molecule has 5 aromatic rings. The van der Waals surface area contributed by atoms with Gasteiger partial charge in [0, 0.05) is 16.5 Å². The number of fused-ring (bicyclic) bond motifs is 3. The molecule has 0 amide bonds. The predicted molar refractivity (Wildman–Crippen MR) is 113 cm³/mol. The number of benzene rings is 4. The van der Waals surface area contributed by atoms with E-state index < -0.39 is 0 Å². The van der Waals surface area contributed by atoms with Crippen LogP contribution >= 0.6 is 0 Å². The fourth-order valence-electron chi connectivity index (χ4n) is 3.83. The summed E-state index contributed by atoms with van der Waals surface area (Å²) in [5.41, 5.74) is 5.93. The molecule has 0 aliphatic carbocycles. The Hall–Kier alpha value is -3.52. The summed E-state index contributed by atoms with van der Waals surface area (Å²) in [4.78, 5) is 0. The molecule has 4 aromatic carbocycles. The maximum absolute atomic E-state index is 5.39. The fraction of sp³-hybridized carbons (Fsp3) is 0.0400. The Morgan fingerprint density at radius 1 is 0.593 bits per heavy atom. The van der Waals surface area contributed by atoms with Gasteiger partial charge in [-0.1, -0.05) is 60.7 Å². The van der Waals surface area contributed by atoms with Crippen LogP contribution in [0.2, 0.25) is 0 Å². The molecule has 0 unspecified atom stereocenters. The van der Waals surface area contributed by atoms with Crippen molar-refractivity contribution in [3.63, 3.8) is 0 Å². The van der Waals surface area contributed by atoms with E-state index >= 15 is 0 Å². The second kappa shape index (κ2) is 6.33. The van der Waals surface area contributed by atoms with E-state index in [2.05, 4.69) is 89.5 Å². The summed E-state index contributed by atoms with van der Waals surface area (Å²) in [6.45, 7) is 0. The van der Waals surface area contributed by atoms with Gasteiger partial charge in [-0.2, -0.15) is 0 Å². The minimum atomic E-state index is 0.870. The van der Waals surface area contributed by atoms with Crippen LogP contribution < -0.4 is 4.74 Å². The Morgan fingerprint density at radius 2 is 1.19 bits per heavy atom. The van der Waals surface area contributed by atoms with Gasteiger partial charge in [-0.05, 0) is 47.5 Å². The van der Waals surface area contributed by atoms with Crippen molar-refractivity contribution < 1.29 is 4.74 Å². The molecule has 0 aliphatic rings. The van der Waals surface area contributed by atoms with Crippen molar-refractivity contribution in [3.8, 4) is 22.6 Å². The van der Waals surface area contributed by atoms with Crippen molar-refractivity contribution >= 4 is 21.8 Å². The van der Waals surface area contributed by atoms with Gasteiger partial charge in [0.15, 0.2) is 0 Å². The molecule has 2 nitrogen and oxygen atoms in total. The fourth-order valence-corrected chi connectivity index (χ4v) is 3.83. The molecule has 1 heterocycles. The lowest BCUT2D eigenvalue weighted by molar-refractivity contribution is 0.415. The van der Waals surface area contributed by atoms with Crippen LogP contribution in [0.5, 0.6) is 5.75 Å². The molecule has 27 heavy (non-hydrogen) atoms. The quantitative estimate of drug-likeness (QED) is 0.364. The second-order valence-electron chi connectivity index (χ2n) is 6.65. The third kappa shape index (κ3) is 2.58. The largest absolute Gasteiger partial charge is 0.497 e. The molecule has 0 aliphatic heterocycles. The maximum Gasteiger partial charge on any atom is 0.119 e. The van der Waals surface area contributed by atoms with Crippen LogP contribution in [0.3, 0.4) is 0 Å². The van der Waals surface area contributed by atoms with E-state index in [9.17, 15) is 0 Å². The highest BCUT2D eigenvalue weighted by Crippen LogP contribution is 2.33. The molecule has 2 heteroatoms. The lowest BCUT2D eigenvalue weighted by Crippen LogP contribution is -1.94. The van der Waals surface area contributed by atoms with Gasteiger partial charge in [-0.25, -0.2) is 0 Å². The number of aromatic nitrogens is 1. The van der Waals surface area contributed by atoms with Crippen LogP contribution in [0.1, 0.15) is 0 Å². The maximum atomic E-state index is 5.39. The van der Waals surface area contributed by atoms with Crippen molar-refractivity contribution in [1.29, 1.82) is 0 Å². The zero-order chi connectivity index (χ0) is 18.2. The molecule has 0 N–H and O–H groups in total.